The minimum absolute atomic E-state index is 0.0362. The maximum atomic E-state index is 12.5. The van der Waals surface area contributed by atoms with E-state index in [0.29, 0.717) is 24.1 Å². The molecule has 12 heteroatoms. The highest BCUT2D eigenvalue weighted by atomic mass is 32.1. The summed E-state index contributed by atoms with van der Waals surface area (Å²) >= 11 is 1.46. The predicted octanol–water partition coefficient (Wildman–Crippen LogP) is 3.65. The van der Waals surface area contributed by atoms with Gasteiger partial charge in [0.2, 0.25) is 5.88 Å². The maximum absolute atomic E-state index is 12.5. The van der Waals surface area contributed by atoms with E-state index in [-0.39, 0.29) is 11.5 Å². The summed E-state index contributed by atoms with van der Waals surface area (Å²) < 4.78 is 43.7. The number of carbonyl (C=O) groups excluding carboxylic acids is 1. The Hall–Kier alpha value is -2.73. The molecule has 2 saturated heterocycles. The van der Waals surface area contributed by atoms with Crippen molar-refractivity contribution in [1.82, 2.24) is 14.9 Å². The van der Waals surface area contributed by atoms with Crippen LogP contribution in [0.3, 0.4) is 0 Å². The smallest absolute Gasteiger partial charge is 0.478 e. The summed E-state index contributed by atoms with van der Waals surface area (Å²) in [5, 5.41) is 8.94. The Kier molecular flexibility index (Phi) is 8.25. The number of alkyl halides is 3. The SMILES string of the molecule is O=C(O)C(F)(F)F.O=C(c1cscn1)N1CCC2(CC1)OCCC2CCOc1ccccn1. The van der Waals surface area contributed by atoms with Gasteiger partial charge in [0, 0.05) is 37.3 Å². The second-order valence-corrected chi connectivity index (χ2v) is 8.39. The van der Waals surface area contributed by atoms with Gasteiger partial charge < -0.3 is 19.5 Å². The number of aromatic nitrogens is 2. The lowest BCUT2D eigenvalue weighted by Crippen LogP contribution is -2.49. The van der Waals surface area contributed by atoms with E-state index in [1.165, 1.54) is 11.3 Å². The molecule has 8 nitrogen and oxygen atoms in total. The zero-order chi connectivity index (χ0) is 23.9. The number of carboxylic acid groups (broad SMARTS) is 1. The Morgan fingerprint density at radius 2 is 2.00 bits per heavy atom. The van der Waals surface area contributed by atoms with Crippen LogP contribution in [0.4, 0.5) is 13.2 Å². The van der Waals surface area contributed by atoms with E-state index < -0.39 is 12.1 Å². The monoisotopic (exact) mass is 487 g/mol. The zero-order valence-corrected chi connectivity index (χ0v) is 18.5. The molecule has 2 aliphatic heterocycles. The van der Waals surface area contributed by atoms with Crippen LogP contribution in [0.1, 0.15) is 36.2 Å². The van der Waals surface area contributed by atoms with Crippen molar-refractivity contribution in [3.63, 3.8) is 0 Å². The first-order valence-corrected chi connectivity index (χ1v) is 11.3. The summed E-state index contributed by atoms with van der Waals surface area (Å²) in [6, 6.07) is 5.69. The average molecular weight is 488 g/mol. The molecule has 0 saturated carbocycles. The lowest BCUT2D eigenvalue weighted by molar-refractivity contribution is -0.192. The Morgan fingerprint density at radius 3 is 2.58 bits per heavy atom. The number of carbonyl (C=O) groups is 2. The quantitative estimate of drug-likeness (QED) is 0.687. The molecular weight excluding hydrogens is 463 g/mol. The van der Waals surface area contributed by atoms with Crippen molar-refractivity contribution in [3.05, 3.63) is 41.0 Å². The van der Waals surface area contributed by atoms with Crippen LogP contribution < -0.4 is 4.74 Å². The summed E-state index contributed by atoms with van der Waals surface area (Å²) in [7, 11) is 0. The number of hydrogen-bond donors (Lipinski definition) is 1. The van der Waals surface area contributed by atoms with Crippen molar-refractivity contribution >= 4 is 23.2 Å². The standard InChI is InChI=1S/C19H23N3O3S.C2HF3O2/c23-18(16-13-26-14-21-16)22-9-6-19(7-10-22)15(5-12-25-19)4-11-24-17-3-1-2-8-20-17;3-2(4,5)1(6)7/h1-3,8,13-15H,4-7,9-12H2;(H,6,7). The highest BCUT2D eigenvalue weighted by Gasteiger charge is 2.46. The number of thiazole rings is 1. The Balaban J connectivity index is 0.000000383. The van der Waals surface area contributed by atoms with Crippen LogP contribution in [0.5, 0.6) is 5.88 Å². The molecule has 2 fully saturated rings. The Labute approximate surface area is 192 Å². The normalized spacial score (nSPS) is 19.6. The van der Waals surface area contributed by atoms with Gasteiger partial charge >= 0.3 is 12.1 Å². The summed E-state index contributed by atoms with van der Waals surface area (Å²) in [5.41, 5.74) is 2.15. The molecular formula is C21H24F3N3O5S. The number of aliphatic carboxylic acids is 1. The molecule has 4 rings (SSSR count). The number of hydrogen-bond acceptors (Lipinski definition) is 7. The van der Waals surface area contributed by atoms with Gasteiger partial charge in [-0.05, 0) is 37.7 Å². The fourth-order valence-corrected chi connectivity index (χ4v) is 4.58. The lowest BCUT2D eigenvalue weighted by Gasteiger charge is -2.42. The fraction of sp³-hybridized carbons (Fsp3) is 0.524. The number of rotatable bonds is 5. The highest BCUT2D eigenvalue weighted by molar-refractivity contribution is 7.07. The third-order valence-corrected chi connectivity index (χ3v) is 6.33. The fourth-order valence-electron chi connectivity index (χ4n) is 4.05. The number of pyridine rings is 1. The van der Waals surface area contributed by atoms with Gasteiger partial charge in [-0.1, -0.05) is 6.07 Å². The molecule has 180 valence electrons. The molecule has 1 unspecified atom stereocenters. The number of halogens is 3. The van der Waals surface area contributed by atoms with E-state index in [0.717, 1.165) is 45.4 Å². The number of nitrogens with zero attached hydrogens (tertiary/aromatic N) is 3. The molecule has 4 heterocycles. The minimum atomic E-state index is -5.08. The predicted molar refractivity (Wildman–Crippen MR) is 112 cm³/mol. The van der Waals surface area contributed by atoms with E-state index in [4.69, 9.17) is 19.4 Å². The molecule has 1 amide bonds. The van der Waals surface area contributed by atoms with Crippen molar-refractivity contribution in [2.45, 2.75) is 37.5 Å². The zero-order valence-electron chi connectivity index (χ0n) is 17.7. The van der Waals surface area contributed by atoms with Crippen molar-refractivity contribution in [2.24, 2.45) is 5.92 Å². The van der Waals surface area contributed by atoms with Gasteiger partial charge in [0.1, 0.15) is 5.69 Å². The van der Waals surface area contributed by atoms with Crippen LogP contribution >= 0.6 is 11.3 Å². The van der Waals surface area contributed by atoms with Gasteiger partial charge in [0.15, 0.2) is 0 Å². The van der Waals surface area contributed by atoms with Gasteiger partial charge in [-0.25, -0.2) is 14.8 Å². The van der Waals surface area contributed by atoms with E-state index in [1.807, 2.05) is 28.5 Å². The Bertz CT molecular complexity index is 904. The number of piperidine rings is 1. The number of amides is 1. The molecule has 1 N–H and O–H groups in total. The molecule has 2 aromatic rings. The van der Waals surface area contributed by atoms with Crippen molar-refractivity contribution in [1.29, 1.82) is 0 Å². The number of likely N-dealkylation sites (tertiary alicyclic amines) is 1. The van der Waals surface area contributed by atoms with Gasteiger partial charge in [0.05, 0.1) is 17.7 Å². The van der Waals surface area contributed by atoms with E-state index in [2.05, 4.69) is 9.97 Å². The van der Waals surface area contributed by atoms with Crippen LogP contribution in [0.25, 0.3) is 0 Å². The van der Waals surface area contributed by atoms with Crippen molar-refractivity contribution in [3.8, 4) is 5.88 Å². The van der Waals surface area contributed by atoms with Gasteiger partial charge in [0.25, 0.3) is 5.91 Å². The molecule has 0 radical (unpaired) electrons. The van der Waals surface area contributed by atoms with Crippen LogP contribution in [-0.4, -0.2) is 69.9 Å². The van der Waals surface area contributed by atoms with E-state index >= 15 is 0 Å². The van der Waals surface area contributed by atoms with Crippen molar-refractivity contribution < 1.29 is 37.3 Å². The van der Waals surface area contributed by atoms with Gasteiger partial charge in [-0.3, -0.25) is 4.79 Å². The molecule has 0 aliphatic carbocycles. The summed E-state index contributed by atoms with van der Waals surface area (Å²) in [4.78, 5) is 31.6. The number of ether oxygens (including phenoxy) is 2. The Morgan fingerprint density at radius 1 is 1.27 bits per heavy atom. The molecule has 0 aromatic carbocycles. The molecule has 2 aromatic heterocycles. The molecule has 1 atom stereocenters. The van der Waals surface area contributed by atoms with Gasteiger partial charge in [-0.2, -0.15) is 13.2 Å². The summed E-state index contributed by atoms with van der Waals surface area (Å²) in [6.45, 7) is 2.91. The average Bonchev–Trinajstić information content (AvgIpc) is 3.46. The first-order valence-electron chi connectivity index (χ1n) is 10.4. The van der Waals surface area contributed by atoms with Crippen LogP contribution in [0.15, 0.2) is 35.3 Å². The van der Waals surface area contributed by atoms with Crippen LogP contribution in [-0.2, 0) is 9.53 Å². The second kappa shape index (κ2) is 10.9. The van der Waals surface area contributed by atoms with Crippen LogP contribution in [0.2, 0.25) is 0 Å². The molecule has 33 heavy (non-hydrogen) atoms. The first kappa shape index (κ1) is 24.9. The summed E-state index contributed by atoms with van der Waals surface area (Å²) in [5.74, 6) is -1.58. The first-order chi connectivity index (χ1) is 15.7. The van der Waals surface area contributed by atoms with Crippen LogP contribution in [0, 0.1) is 5.92 Å². The van der Waals surface area contributed by atoms with E-state index in [1.54, 1.807) is 11.7 Å². The third-order valence-electron chi connectivity index (χ3n) is 5.74. The minimum Gasteiger partial charge on any atom is -0.478 e. The lowest BCUT2D eigenvalue weighted by atomic mass is 9.78. The largest absolute Gasteiger partial charge is 0.490 e. The van der Waals surface area contributed by atoms with E-state index in [9.17, 15) is 18.0 Å². The topological polar surface area (TPSA) is 102 Å². The molecule has 0 bridgehead atoms. The van der Waals surface area contributed by atoms with Gasteiger partial charge in [-0.15, -0.1) is 11.3 Å². The van der Waals surface area contributed by atoms with Crippen molar-refractivity contribution in [2.75, 3.05) is 26.3 Å². The maximum Gasteiger partial charge on any atom is 0.490 e. The third kappa shape index (κ3) is 6.64. The second-order valence-electron chi connectivity index (χ2n) is 7.67. The molecule has 2 aliphatic rings. The number of carboxylic acids is 1. The molecule has 1 spiro atoms. The highest BCUT2D eigenvalue weighted by Crippen LogP contribution is 2.42. The summed E-state index contributed by atoms with van der Waals surface area (Å²) in [6.07, 6.45) is 0.445.